The molecule has 0 bridgehead atoms. The zero-order valence-electron chi connectivity index (χ0n) is 11.2. The summed E-state index contributed by atoms with van der Waals surface area (Å²) in [6.07, 6.45) is 1.91. The molecule has 2 rings (SSSR count). The minimum absolute atomic E-state index is 0.227. The molecule has 2 aromatic rings. The van der Waals surface area contributed by atoms with Gasteiger partial charge in [0.15, 0.2) is 5.01 Å². The van der Waals surface area contributed by atoms with Crippen LogP contribution in [0.4, 0.5) is 4.39 Å². The monoisotopic (exact) mass is 279 g/mol. The van der Waals surface area contributed by atoms with Crippen molar-refractivity contribution >= 4 is 11.3 Å². The molecule has 102 valence electrons. The van der Waals surface area contributed by atoms with Crippen molar-refractivity contribution in [1.29, 1.82) is 0 Å². The van der Waals surface area contributed by atoms with Crippen LogP contribution in [-0.2, 0) is 6.42 Å². The van der Waals surface area contributed by atoms with Gasteiger partial charge in [0.2, 0.25) is 0 Å². The Morgan fingerprint density at radius 2 is 2.16 bits per heavy atom. The third-order valence-corrected chi connectivity index (χ3v) is 3.83. The first-order valence-corrected chi connectivity index (χ1v) is 7.32. The summed E-state index contributed by atoms with van der Waals surface area (Å²) in [5.74, 6) is -0.227. The SMILES string of the molecule is CCNCCCc1nnc(-c2ccc(C)cc2F)s1. The first kappa shape index (κ1) is 14.1. The molecule has 0 spiro atoms. The van der Waals surface area contributed by atoms with Gasteiger partial charge in [0, 0.05) is 12.0 Å². The third kappa shape index (κ3) is 3.81. The van der Waals surface area contributed by atoms with Crippen molar-refractivity contribution in [2.24, 2.45) is 0 Å². The Labute approximate surface area is 116 Å². The van der Waals surface area contributed by atoms with Gasteiger partial charge in [-0.3, -0.25) is 0 Å². The van der Waals surface area contributed by atoms with E-state index in [1.807, 2.05) is 13.0 Å². The highest BCUT2D eigenvalue weighted by Gasteiger charge is 2.11. The molecule has 0 saturated carbocycles. The number of nitrogens with one attached hydrogen (secondary N) is 1. The van der Waals surface area contributed by atoms with Crippen LogP contribution < -0.4 is 5.32 Å². The Bertz CT molecular complexity index is 539. The van der Waals surface area contributed by atoms with E-state index in [0.29, 0.717) is 10.6 Å². The normalized spacial score (nSPS) is 10.9. The lowest BCUT2D eigenvalue weighted by Gasteiger charge is -1.99. The van der Waals surface area contributed by atoms with Gasteiger partial charge in [-0.05, 0) is 44.1 Å². The quantitative estimate of drug-likeness (QED) is 0.825. The standard InChI is InChI=1S/C14H18FN3S/c1-3-16-8-4-5-13-17-18-14(19-13)11-7-6-10(2)9-12(11)15/h6-7,9,16H,3-5,8H2,1-2H3. The number of rotatable bonds is 6. The first-order valence-electron chi connectivity index (χ1n) is 6.50. The summed E-state index contributed by atoms with van der Waals surface area (Å²) in [7, 11) is 0. The van der Waals surface area contributed by atoms with Crippen molar-refractivity contribution in [3.63, 3.8) is 0 Å². The number of aryl methyl sites for hydroxylation is 2. The van der Waals surface area contributed by atoms with Crippen LogP contribution in [0, 0.1) is 12.7 Å². The summed E-state index contributed by atoms with van der Waals surface area (Å²) in [4.78, 5) is 0. The van der Waals surface area contributed by atoms with E-state index in [1.54, 1.807) is 6.07 Å². The second-order valence-electron chi connectivity index (χ2n) is 4.44. The Morgan fingerprint density at radius 3 is 2.89 bits per heavy atom. The highest BCUT2D eigenvalue weighted by Crippen LogP contribution is 2.27. The maximum Gasteiger partial charge on any atom is 0.150 e. The van der Waals surface area contributed by atoms with Crippen molar-refractivity contribution in [2.45, 2.75) is 26.7 Å². The average molecular weight is 279 g/mol. The molecule has 0 aliphatic carbocycles. The van der Waals surface area contributed by atoms with Crippen molar-refractivity contribution in [3.8, 4) is 10.6 Å². The Hall–Kier alpha value is -1.33. The van der Waals surface area contributed by atoms with Gasteiger partial charge < -0.3 is 5.32 Å². The number of nitrogens with zero attached hydrogens (tertiary/aromatic N) is 2. The second-order valence-corrected chi connectivity index (χ2v) is 5.50. The molecule has 1 aromatic heterocycles. The van der Waals surface area contributed by atoms with Crippen LogP contribution in [0.15, 0.2) is 18.2 Å². The fourth-order valence-electron chi connectivity index (χ4n) is 1.80. The van der Waals surface area contributed by atoms with E-state index < -0.39 is 0 Å². The molecule has 5 heteroatoms. The highest BCUT2D eigenvalue weighted by atomic mass is 32.1. The number of benzene rings is 1. The smallest absolute Gasteiger partial charge is 0.150 e. The molecule has 0 radical (unpaired) electrons. The molecule has 0 amide bonds. The van der Waals surface area contributed by atoms with Gasteiger partial charge in [-0.25, -0.2) is 4.39 Å². The van der Waals surface area contributed by atoms with Gasteiger partial charge >= 0.3 is 0 Å². The van der Waals surface area contributed by atoms with Crippen LogP contribution in [0.1, 0.15) is 23.9 Å². The van der Waals surface area contributed by atoms with E-state index in [0.717, 1.165) is 36.5 Å². The molecule has 1 aromatic carbocycles. The first-order chi connectivity index (χ1) is 9.20. The van der Waals surface area contributed by atoms with E-state index in [9.17, 15) is 4.39 Å². The molecule has 1 N–H and O–H groups in total. The van der Waals surface area contributed by atoms with Gasteiger partial charge in [-0.1, -0.05) is 24.3 Å². The molecular weight excluding hydrogens is 261 g/mol. The lowest BCUT2D eigenvalue weighted by Crippen LogP contribution is -2.14. The van der Waals surface area contributed by atoms with Crippen molar-refractivity contribution in [2.75, 3.05) is 13.1 Å². The van der Waals surface area contributed by atoms with Gasteiger partial charge in [-0.2, -0.15) is 0 Å². The maximum absolute atomic E-state index is 13.8. The highest BCUT2D eigenvalue weighted by molar-refractivity contribution is 7.14. The van der Waals surface area contributed by atoms with Crippen LogP contribution in [-0.4, -0.2) is 23.3 Å². The third-order valence-electron chi connectivity index (χ3n) is 2.82. The minimum atomic E-state index is -0.227. The van der Waals surface area contributed by atoms with Gasteiger partial charge in [0.25, 0.3) is 0 Å². The van der Waals surface area contributed by atoms with E-state index in [-0.39, 0.29) is 5.82 Å². The molecule has 0 unspecified atom stereocenters. The predicted octanol–water partition coefficient (Wildman–Crippen LogP) is 3.19. The topological polar surface area (TPSA) is 37.8 Å². The van der Waals surface area contributed by atoms with Crippen LogP contribution in [0.2, 0.25) is 0 Å². The van der Waals surface area contributed by atoms with Crippen molar-refractivity contribution in [3.05, 3.63) is 34.6 Å². The fraction of sp³-hybridized carbons (Fsp3) is 0.429. The Balaban J connectivity index is 2.04. The van der Waals surface area contributed by atoms with Crippen molar-refractivity contribution < 1.29 is 4.39 Å². The molecule has 1 heterocycles. The maximum atomic E-state index is 13.8. The van der Waals surface area contributed by atoms with E-state index in [2.05, 4.69) is 22.4 Å². The summed E-state index contributed by atoms with van der Waals surface area (Å²) < 4.78 is 13.8. The van der Waals surface area contributed by atoms with E-state index in [1.165, 1.54) is 17.4 Å². The Morgan fingerprint density at radius 1 is 1.32 bits per heavy atom. The number of hydrogen-bond donors (Lipinski definition) is 1. The predicted molar refractivity (Wildman–Crippen MR) is 76.9 cm³/mol. The van der Waals surface area contributed by atoms with E-state index in [4.69, 9.17) is 0 Å². The second kappa shape index (κ2) is 6.73. The molecule has 0 fully saturated rings. The Kier molecular flexibility index (Phi) is 4.99. The van der Waals surface area contributed by atoms with Gasteiger partial charge in [0.1, 0.15) is 10.8 Å². The van der Waals surface area contributed by atoms with Crippen LogP contribution >= 0.6 is 11.3 Å². The van der Waals surface area contributed by atoms with Crippen molar-refractivity contribution in [1.82, 2.24) is 15.5 Å². The van der Waals surface area contributed by atoms with Gasteiger partial charge in [-0.15, -0.1) is 10.2 Å². The molecule has 0 aliphatic heterocycles. The molecule has 0 aliphatic rings. The van der Waals surface area contributed by atoms with Crippen LogP contribution in [0.5, 0.6) is 0 Å². The lowest BCUT2D eigenvalue weighted by molar-refractivity contribution is 0.629. The minimum Gasteiger partial charge on any atom is -0.317 e. The van der Waals surface area contributed by atoms with Crippen LogP contribution in [0.3, 0.4) is 0 Å². The molecule has 0 saturated heterocycles. The summed E-state index contributed by atoms with van der Waals surface area (Å²) >= 11 is 1.47. The summed E-state index contributed by atoms with van der Waals surface area (Å²) in [6.45, 7) is 5.92. The molecular formula is C14H18FN3S. The summed E-state index contributed by atoms with van der Waals surface area (Å²) in [5.41, 5.74) is 1.46. The summed E-state index contributed by atoms with van der Waals surface area (Å²) in [6, 6.07) is 5.19. The van der Waals surface area contributed by atoms with Crippen LogP contribution in [0.25, 0.3) is 10.6 Å². The molecule has 0 atom stereocenters. The number of halogens is 1. The fourth-order valence-corrected chi connectivity index (χ4v) is 2.71. The zero-order chi connectivity index (χ0) is 13.7. The van der Waals surface area contributed by atoms with Gasteiger partial charge in [0.05, 0.1) is 0 Å². The molecule has 3 nitrogen and oxygen atoms in total. The largest absolute Gasteiger partial charge is 0.317 e. The zero-order valence-corrected chi connectivity index (χ0v) is 12.1. The number of aromatic nitrogens is 2. The summed E-state index contributed by atoms with van der Waals surface area (Å²) in [5, 5.41) is 13.1. The number of hydrogen-bond acceptors (Lipinski definition) is 4. The molecule has 19 heavy (non-hydrogen) atoms. The lowest BCUT2D eigenvalue weighted by atomic mass is 10.1. The van der Waals surface area contributed by atoms with E-state index >= 15 is 0 Å². The average Bonchev–Trinajstić information content (AvgIpc) is 2.83.